The molecule has 0 radical (unpaired) electrons. The van der Waals surface area contributed by atoms with Crippen molar-refractivity contribution < 1.29 is 20.4 Å². The minimum Gasteiger partial charge on any atom is -0.396 e. The van der Waals surface area contributed by atoms with Gasteiger partial charge in [0.25, 0.3) is 0 Å². The fourth-order valence-corrected chi connectivity index (χ4v) is 0.654. The molecule has 0 aliphatic heterocycles. The highest BCUT2D eigenvalue weighted by Gasteiger charge is 2.26. The summed E-state index contributed by atoms with van der Waals surface area (Å²) in [5.74, 6) is 0. The molecule has 0 aromatic heterocycles. The SMILES string of the molecule is CCCCC.OCC(CO)(CO)CO. The lowest BCUT2D eigenvalue weighted by Crippen LogP contribution is -2.37. The summed E-state index contributed by atoms with van der Waals surface area (Å²) < 4.78 is 0. The van der Waals surface area contributed by atoms with Crippen LogP contribution >= 0.6 is 0 Å². The smallest absolute Gasteiger partial charge is 0.0627 e. The van der Waals surface area contributed by atoms with Crippen molar-refractivity contribution in [3.8, 4) is 0 Å². The summed E-state index contributed by atoms with van der Waals surface area (Å²) in [5.41, 5.74) is -1.11. The molecule has 0 heterocycles. The van der Waals surface area contributed by atoms with E-state index in [4.69, 9.17) is 20.4 Å². The van der Waals surface area contributed by atoms with Crippen LogP contribution in [0.1, 0.15) is 33.1 Å². The summed E-state index contributed by atoms with van der Waals surface area (Å²) in [6, 6.07) is 0. The van der Waals surface area contributed by atoms with Crippen molar-refractivity contribution in [3.63, 3.8) is 0 Å². The molecule has 0 unspecified atom stereocenters. The predicted octanol–water partition coefficient (Wildman–Crippen LogP) is 0.139. The third-order valence-electron chi connectivity index (χ3n) is 2.05. The average molecular weight is 208 g/mol. The standard InChI is InChI=1S/C5H12O4.C5H12/c6-1-5(2-7,3-8)4-9;1-3-5-4-2/h6-9H,1-4H2;3-5H2,1-2H3. The van der Waals surface area contributed by atoms with Crippen LogP contribution < -0.4 is 0 Å². The number of hydrogen-bond acceptors (Lipinski definition) is 4. The Hall–Kier alpha value is -0.160. The van der Waals surface area contributed by atoms with Gasteiger partial charge >= 0.3 is 0 Å². The van der Waals surface area contributed by atoms with E-state index in [1.807, 2.05) is 0 Å². The molecular formula is C10H24O4. The summed E-state index contributed by atoms with van der Waals surface area (Å²) in [4.78, 5) is 0. The van der Waals surface area contributed by atoms with Gasteiger partial charge < -0.3 is 20.4 Å². The second-order valence-corrected chi connectivity index (χ2v) is 3.49. The molecule has 4 heteroatoms. The zero-order valence-corrected chi connectivity index (χ0v) is 9.24. The van der Waals surface area contributed by atoms with Crippen molar-refractivity contribution >= 4 is 0 Å². The van der Waals surface area contributed by atoms with E-state index in [-0.39, 0.29) is 0 Å². The van der Waals surface area contributed by atoms with Gasteiger partial charge in [-0.05, 0) is 0 Å². The van der Waals surface area contributed by atoms with Crippen molar-refractivity contribution in [1.82, 2.24) is 0 Å². The van der Waals surface area contributed by atoms with Gasteiger partial charge in [-0.15, -0.1) is 0 Å². The monoisotopic (exact) mass is 208 g/mol. The second kappa shape index (κ2) is 10.9. The quantitative estimate of drug-likeness (QED) is 0.500. The fraction of sp³-hybridized carbons (Fsp3) is 1.00. The summed E-state index contributed by atoms with van der Waals surface area (Å²) in [6.07, 6.45) is 4.08. The molecule has 14 heavy (non-hydrogen) atoms. The highest BCUT2D eigenvalue weighted by molar-refractivity contribution is 4.74. The van der Waals surface area contributed by atoms with Crippen LogP contribution in [0, 0.1) is 5.41 Å². The lowest BCUT2D eigenvalue weighted by molar-refractivity contribution is -0.0328. The molecule has 0 atom stereocenters. The molecule has 0 aliphatic rings. The molecule has 0 aromatic rings. The zero-order valence-electron chi connectivity index (χ0n) is 9.24. The topological polar surface area (TPSA) is 80.9 Å². The van der Waals surface area contributed by atoms with E-state index in [0.29, 0.717) is 0 Å². The van der Waals surface area contributed by atoms with Crippen LogP contribution in [0.4, 0.5) is 0 Å². The third kappa shape index (κ3) is 7.26. The van der Waals surface area contributed by atoms with Gasteiger partial charge in [0, 0.05) is 0 Å². The van der Waals surface area contributed by atoms with Crippen LogP contribution in [0.3, 0.4) is 0 Å². The van der Waals surface area contributed by atoms with Gasteiger partial charge in [0.05, 0.1) is 31.8 Å². The molecule has 0 bridgehead atoms. The van der Waals surface area contributed by atoms with Crippen molar-refractivity contribution in [3.05, 3.63) is 0 Å². The molecular weight excluding hydrogens is 184 g/mol. The van der Waals surface area contributed by atoms with Gasteiger partial charge in [0.2, 0.25) is 0 Å². The largest absolute Gasteiger partial charge is 0.396 e. The lowest BCUT2D eigenvalue weighted by atomic mass is 9.93. The molecule has 0 amide bonds. The molecule has 4 nitrogen and oxygen atoms in total. The molecule has 4 N–H and O–H groups in total. The third-order valence-corrected chi connectivity index (χ3v) is 2.05. The molecule has 0 aliphatic carbocycles. The molecule has 0 aromatic carbocycles. The van der Waals surface area contributed by atoms with E-state index in [1.165, 1.54) is 19.3 Å². The number of hydrogen-bond donors (Lipinski definition) is 4. The van der Waals surface area contributed by atoms with Crippen molar-refractivity contribution in [2.24, 2.45) is 5.41 Å². The highest BCUT2D eigenvalue weighted by Crippen LogP contribution is 2.11. The Balaban J connectivity index is 0. The minimum atomic E-state index is -1.11. The Morgan fingerprint density at radius 1 is 0.714 bits per heavy atom. The van der Waals surface area contributed by atoms with Gasteiger partial charge in [-0.25, -0.2) is 0 Å². The van der Waals surface area contributed by atoms with Crippen molar-refractivity contribution in [2.45, 2.75) is 33.1 Å². The van der Waals surface area contributed by atoms with E-state index in [1.54, 1.807) is 0 Å². The first-order valence-corrected chi connectivity index (χ1v) is 5.09. The van der Waals surface area contributed by atoms with E-state index >= 15 is 0 Å². The van der Waals surface area contributed by atoms with Gasteiger partial charge in [-0.2, -0.15) is 0 Å². The van der Waals surface area contributed by atoms with Gasteiger partial charge in [-0.3, -0.25) is 0 Å². The minimum absolute atomic E-state index is 0.406. The first-order valence-electron chi connectivity index (χ1n) is 5.09. The molecule has 88 valence electrons. The molecule has 0 fully saturated rings. The average Bonchev–Trinajstić information content (AvgIpc) is 2.24. The maximum Gasteiger partial charge on any atom is 0.0627 e. The summed E-state index contributed by atoms with van der Waals surface area (Å²) in [5, 5.41) is 34.0. The Bertz CT molecular complexity index is 82.8. The Morgan fingerprint density at radius 2 is 1.00 bits per heavy atom. The number of unbranched alkanes of at least 4 members (excludes halogenated alkanes) is 2. The van der Waals surface area contributed by atoms with Gasteiger partial charge in [0.1, 0.15) is 0 Å². The van der Waals surface area contributed by atoms with Crippen LogP contribution in [0.2, 0.25) is 0 Å². The van der Waals surface area contributed by atoms with Crippen LogP contribution in [-0.4, -0.2) is 46.9 Å². The van der Waals surface area contributed by atoms with E-state index in [9.17, 15) is 0 Å². The molecule has 0 saturated carbocycles. The first kappa shape index (κ1) is 16.3. The molecule has 0 spiro atoms. The predicted molar refractivity (Wildman–Crippen MR) is 56.0 cm³/mol. The Kier molecular flexibility index (Phi) is 12.7. The number of rotatable bonds is 6. The Labute approximate surface area is 86.2 Å². The highest BCUT2D eigenvalue weighted by atomic mass is 16.3. The Morgan fingerprint density at radius 3 is 1.00 bits per heavy atom. The fourth-order valence-electron chi connectivity index (χ4n) is 0.654. The van der Waals surface area contributed by atoms with Crippen molar-refractivity contribution in [2.75, 3.05) is 26.4 Å². The maximum absolute atomic E-state index is 8.50. The van der Waals surface area contributed by atoms with Crippen LogP contribution in [0.25, 0.3) is 0 Å². The zero-order chi connectivity index (χ0) is 11.4. The van der Waals surface area contributed by atoms with E-state index in [2.05, 4.69) is 13.8 Å². The molecule has 0 rings (SSSR count). The normalized spacial score (nSPS) is 10.7. The first-order chi connectivity index (χ1) is 6.66. The van der Waals surface area contributed by atoms with E-state index in [0.717, 1.165) is 0 Å². The van der Waals surface area contributed by atoms with Crippen LogP contribution in [-0.2, 0) is 0 Å². The van der Waals surface area contributed by atoms with Crippen LogP contribution in [0.5, 0.6) is 0 Å². The summed E-state index contributed by atoms with van der Waals surface area (Å²) in [7, 11) is 0. The lowest BCUT2D eigenvalue weighted by Gasteiger charge is -2.23. The van der Waals surface area contributed by atoms with Crippen molar-refractivity contribution in [1.29, 1.82) is 0 Å². The number of aliphatic hydroxyl groups excluding tert-OH is 4. The summed E-state index contributed by atoms with van der Waals surface area (Å²) >= 11 is 0. The summed E-state index contributed by atoms with van der Waals surface area (Å²) in [6.45, 7) is 2.80. The second-order valence-electron chi connectivity index (χ2n) is 3.49. The van der Waals surface area contributed by atoms with Gasteiger partial charge in [0.15, 0.2) is 0 Å². The number of aliphatic hydroxyl groups is 4. The molecule has 0 saturated heterocycles. The van der Waals surface area contributed by atoms with E-state index < -0.39 is 31.8 Å². The van der Waals surface area contributed by atoms with Crippen LogP contribution in [0.15, 0.2) is 0 Å². The maximum atomic E-state index is 8.50. The van der Waals surface area contributed by atoms with Gasteiger partial charge in [-0.1, -0.05) is 33.1 Å².